The molecule has 0 radical (unpaired) electrons. The van der Waals surface area contributed by atoms with E-state index in [4.69, 9.17) is 20.2 Å². The first-order chi connectivity index (χ1) is 7.84. The third kappa shape index (κ3) is 4.14. The lowest BCUT2D eigenvalue weighted by atomic mass is 10.3. The van der Waals surface area contributed by atoms with E-state index in [1.807, 2.05) is 0 Å². The summed E-state index contributed by atoms with van der Waals surface area (Å²) in [5.74, 6) is -0.693. The van der Waals surface area contributed by atoms with Crippen molar-refractivity contribution in [1.29, 1.82) is 0 Å². The number of hydrogen-bond donors (Lipinski definition) is 0. The largest absolute Gasteiger partial charge is 0.487 e. The van der Waals surface area contributed by atoms with Crippen LogP contribution in [0.2, 0.25) is 0 Å². The van der Waals surface area contributed by atoms with Crippen molar-refractivity contribution < 1.29 is 22.3 Å². The van der Waals surface area contributed by atoms with Gasteiger partial charge in [0.05, 0.1) is 6.61 Å². The lowest BCUT2D eigenvalue weighted by Crippen LogP contribution is -2.19. The predicted octanol–water partition coefficient (Wildman–Crippen LogP) is 2.17. The van der Waals surface area contributed by atoms with E-state index in [2.05, 4.69) is 0 Å². The Morgan fingerprint density at radius 3 is 2.65 bits per heavy atom. The van der Waals surface area contributed by atoms with Gasteiger partial charge in [0.2, 0.25) is 0 Å². The summed E-state index contributed by atoms with van der Waals surface area (Å²) in [6.07, 6.45) is -0.373. The lowest BCUT2D eigenvalue weighted by molar-refractivity contribution is 0.0900. The number of ether oxygens (including phenoxy) is 2. The Morgan fingerprint density at radius 2 is 2.12 bits per heavy atom. The summed E-state index contributed by atoms with van der Waals surface area (Å²) in [4.78, 5) is -0.387. The molecule has 1 aromatic carbocycles. The van der Waals surface area contributed by atoms with E-state index in [9.17, 15) is 12.8 Å². The summed E-state index contributed by atoms with van der Waals surface area (Å²) in [7, 11) is 2.63. The molecule has 17 heavy (non-hydrogen) atoms. The van der Waals surface area contributed by atoms with Gasteiger partial charge in [-0.2, -0.15) is 0 Å². The fourth-order valence-corrected chi connectivity index (χ4v) is 2.23. The molecule has 96 valence electrons. The Hall–Kier alpha value is -0.850. The van der Waals surface area contributed by atoms with Crippen LogP contribution in [0.4, 0.5) is 4.39 Å². The highest BCUT2D eigenvalue weighted by Gasteiger charge is 2.19. The molecule has 0 aliphatic carbocycles. The van der Waals surface area contributed by atoms with Gasteiger partial charge in [-0.25, -0.2) is 12.8 Å². The zero-order valence-corrected chi connectivity index (χ0v) is 10.9. The number of hydrogen-bond acceptors (Lipinski definition) is 4. The average Bonchev–Trinajstić information content (AvgIpc) is 2.19. The van der Waals surface area contributed by atoms with Gasteiger partial charge in [0.15, 0.2) is 0 Å². The van der Waals surface area contributed by atoms with Crippen molar-refractivity contribution in [3.63, 3.8) is 0 Å². The monoisotopic (exact) mass is 282 g/mol. The molecule has 0 spiro atoms. The first kappa shape index (κ1) is 14.2. The molecule has 1 unspecified atom stereocenters. The molecule has 0 N–H and O–H groups in total. The molecule has 4 nitrogen and oxygen atoms in total. The maximum Gasteiger partial charge on any atom is 0.265 e. The Labute approximate surface area is 104 Å². The van der Waals surface area contributed by atoms with Crippen LogP contribution in [0, 0.1) is 5.82 Å². The summed E-state index contributed by atoms with van der Waals surface area (Å²) in [6, 6.07) is 3.13. The van der Waals surface area contributed by atoms with Crippen LogP contribution >= 0.6 is 10.7 Å². The van der Waals surface area contributed by atoms with Gasteiger partial charge in [-0.05, 0) is 25.1 Å². The zero-order chi connectivity index (χ0) is 13.1. The highest BCUT2D eigenvalue weighted by Crippen LogP contribution is 2.28. The molecule has 0 aliphatic rings. The fraction of sp³-hybridized carbons (Fsp3) is 0.400. The standard InChI is InChI=1S/C10H12ClFO4S/c1-7(6-15-2)16-9-4-3-8(12)5-10(9)17(11,13)14/h3-5,7H,6H2,1-2H3. The lowest BCUT2D eigenvalue weighted by Gasteiger charge is -2.15. The predicted molar refractivity (Wildman–Crippen MR) is 61.4 cm³/mol. The van der Waals surface area contributed by atoms with Crippen molar-refractivity contribution in [1.82, 2.24) is 0 Å². The molecule has 0 saturated heterocycles. The van der Waals surface area contributed by atoms with Gasteiger partial charge in [0.25, 0.3) is 9.05 Å². The summed E-state index contributed by atoms with van der Waals surface area (Å²) >= 11 is 0. The molecule has 1 atom stereocenters. The molecule has 1 aromatic rings. The molecule has 0 amide bonds. The van der Waals surface area contributed by atoms with Crippen LogP contribution in [0.5, 0.6) is 5.75 Å². The van der Waals surface area contributed by atoms with E-state index in [1.54, 1.807) is 6.92 Å². The van der Waals surface area contributed by atoms with Crippen LogP contribution in [0.25, 0.3) is 0 Å². The first-order valence-electron chi connectivity index (χ1n) is 4.74. The molecule has 0 heterocycles. The molecule has 0 aromatic heterocycles. The number of halogens is 2. The molecule has 0 aliphatic heterocycles. The van der Waals surface area contributed by atoms with E-state index in [0.717, 1.165) is 12.1 Å². The Bertz CT molecular complexity index is 489. The fourth-order valence-electron chi connectivity index (χ4n) is 1.26. The van der Waals surface area contributed by atoms with Crippen LogP contribution in [0.3, 0.4) is 0 Å². The highest BCUT2D eigenvalue weighted by atomic mass is 35.7. The summed E-state index contributed by atoms with van der Waals surface area (Å²) < 4.78 is 45.6. The SMILES string of the molecule is COCC(C)Oc1ccc(F)cc1S(=O)(=O)Cl. The summed E-state index contributed by atoms with van der Waals surface area (Å²) in [5, 5.41) is 0. The normalized spacial score (nSPS) is 13.4. The van der Waals surface area contributed by atoms with Crippen LogP contribution in [-0.2, 0) is 13.8 Å². The summed E-state index contributed by atoms with van der Waals surface area (Å²) in [5.41, 5.74) is 0. The number of rotatable bonds is 5. The van der Waals surface area contributed by atoms with Gasteiger partial charge in [0.1, 0.15) is 22.6 Å². The molecule has 0 fully saturated rings. The first-order valence-corrected chi connectivity index (χ1v) is 7.05. The second kappa shape index (κ2) is 5.66. The molecular formula is C10H12ClFO4S. The van der Waals surface area contributed by atoms with Crippen LogP contribution < -0.4 is 4.74 Å². The van der Waals surface area contributed by atoms with Crippen molar-refractivity contribution in [2.24, 2.45) is 0 Å². The van der Waals surface area contributed by atoms with Crippen LogP contribution in [-0.4, -0.2) is 28.2 Å². The Kier molecular flexibility index (Phi) is 4.73. The highest BCUT2D eigenvalue weighted by molar-refractivity contribution is 8.13. The maximum absolute atomic E-state index is 13.0. The van der Waals surface area contributed by atoms with E-state index in [0.29, 0.717) is 0 Å². The minimum Gasteiger partial charge on any atom is -0.487 e. The van der Waals surface area contributed by atoms with E-state index in [-0.39, 0.29) is 23.4 Å². The molecule has 1 rings (SSSR count). The van der Waals surface area contributed by atoms with Crippen molar-refractivity contribution >= 4 is 19.7 Å². The minimum atomic E-state index is -4.05. The quantitative estimate of drug-likeness (QED) is 0.777. The van der Waals surface area contributed by atoms with Crippen molar-refractivity contribution in [2.75, 3.05) is 13.7 Å². The zero-order valence-electron chi connectivity index (χ0n) is 9.31. The van der Waals surface area contributed by atoms with Gasteiger partial charge in [-0.3, -0.25) is 0 Å². The van der Waals surface area contributed by atoms with E-state index in [1.165, 1.54) is 13.2 Å². The van der Waals surface area contributed by atoms with Gasteiger partial charge >= 0.3 is 0 Å². The van der Waals surface area contributed by atoms with Crippen LogP contribution in [0.15, 0.2) is 23.1 Å². The number of methoxy groups -OCH3 is 1. The van der Waals surface area contributed by atoms with E-state index < -0.39 is 14.9 Å². The van der Waals surface area contributed by atoms with Gasteiger partial charge in [0, 0.05) is 17.8 Å². The second-order valence-electron chi connectivity index (χ2n) is 3.41. The Morgan fingerprint density at radius 1 is 1.47 bits per heavy atom. The third-order valence-corrected chi connectivity index (χ3v) is 3.24. The smallest absolute Gasteiger partial charge is 0.265 e. The molecule has 0 saturated carbocycles. The third-order valence-electron chi connectivity index (χ3n) is 1.90. The minimum absolute atomic E-state index is 0.00551. The van der Waals surface area contributed by atoms with Gasteiger partial charge in [-0.1, -0.05) is 0 Å². The van der Waals surface area contributed by atoms with Crippen molar-refractivity contribution in [3.8, 4) is 5.75 Å². The molecular weight excluding hydrogens is 271 g/mol. The maximum atomic E-state index is 13.0. The summed E-state index contributed by atoms with van der Waals surface area (Å²) in [6.45, 7) is 1.97. The molecule has 0 bridgehead atoms. The van der Waals surface area contributed by atoms with Crippen molar-refractivity contribution in [3.05, 3.63) is 24.0 Å². The van der Waals surface area contributed by atoms with Gasteiger partial charge < -0.3 is 9.47 Å². The van der Waals surface area contributed by atoms with E-state index >= 15 is 0 Å². The second-order valence-corrected chi connectivity index (χ2v) is 5.95. The number of benzene rings is 1. The molecule has 7 heteroatoms. The average molecular weight is 283 g/mol. The van der Waals surface area contributed by atoms with Crippen molar-refractivity contribution in [2.45, 2.75) is 17.9 Å². The topological polar surface area (TPSA) is 52.6 Å². The van der Waals surface area contributed by atoms with Gasteiger partial charge in [-0.15, -0.1) is 0 Å². The Balaban J connectivity index is 3.07. The van der Waals surface area contributed by atoms with Crippen LogP contribution in [0.1, 0.15) is 6.92 Å².